The molecule has 11 heteroatoms. The van der Waals surface area contributed by atoms with Gasteiger partial charge in [-0.05, 0) is 0 Å². The molecule has 0 saturated heterocycles. The molecule has 0 unspecified atom stereocenters. The first kappa shape index (κ1) is 17.5. The molecule has 0 bridgehead atoms. The van der Waals surface area contributed by atoms with Crippen molar-refractivity contribution in [1.29, 1.82) is 0 Å². The molecule has 0 aliphatic rings. The molecule has 0 amide bonds. The largest absolute Gasteiger partial charge is 0.668 e. The maximum absolute atomic E-state index is 8.74. The quantitative estimate of drug-likeness (QED) is 0.193. The second-order valence-electron chi connectivity index (χ2n) is 1.05. The summed E-state index contributed by atoms with van der Waals surface area (Å²) < 4.78 is 31.6. The minimum Gasteiger partial charge on any atom is -0.368 e. The van der Waals surface area contributed by atoms with Crippen molar-refractivity contribution in [1.82, 2.24) is 0 Å². The van der Waals surface area contributed by atoms with Crippen molar-refractivity contribution in [3.8, 4) is 0 Å². The molecule has 0 aliphatic heterocycles. The van der Waals surface area contributed by atoms with E-state index in [0.29, 0.717) is 0 Å². The Labute approximate surface area is 73.7 Å². The van der Waals surface area contributed by atoms with Crippen LogP contribution in [0.15, 0.2) is 0 Å². The van der Waals surface area contributed by atoms with E-state index in [-0.39, 0.29) is 17.1 Å². The van der Waals surface area contributed by atoms with Crippen molar-refractivity contribution < 1.29 is 53.8 Å². The predicted octanol–water partition coefficient (Wildman–Crippen LogP) is -3.26. The van der Waals surface area contributed by atoms with Gasteiger partial charge in [-0.15, -0.1) is 0 Å². The van der Waals surface area contributed by atoms with Crippen molar-refractivity contribution in [2.45, 2.75) is 0 Å². The van der Waals surface area contributed by atoms with Gasteiger partial charge in [0.25, 0.3) is 0 Å². The van der Waals surface area contributed by atoms with Crippen molar-refractivity contribution in [3.05, 3.63) is 0 Å². The summed E-state index contributed by atoms with van der Waals surface area (Å²) in [6.07, 6.45) is 0. The second kappa shape index (κ2) is 6.02. The summed E-state index contributed by atoms with van der Waals surface area (Å²) in [6, 6.07) is 0. The van der Waals surface area contributed by atoms with Crippen molar-refractivity contribution in [2.24, 2.45) is 0 Å². The minimum atomic E-state index is -4.67. The number of hydrogen-bond acceptors (Lipinski definition) is 6. The van der Waals surface area contributed by atoms with Gasteiger partial charge in [0.05, 0.1) is 0 Å². The zero-order chi connectivity index (χ0) is 9.00. The van der Waals surface area contributed by atoms with Crippen molar-refractivity contribution in [3.63, 3.8) is 0 Å². The van der Waals surface area contributed by atoms with Crippen LogP contribution in [0.4, 0.5) is 0 Å². The molecule has 0 heterocycles. The van der Waals surface area contributed by atoms with Crippen LogP contribution < -0.4 is 0 Å². The molecule has 8 nitrogen and oxygen atoms in total. The van der Waals surface area contributed by atoms with Crippen molar-refractivity contribution in [2.75, 3.05) is 0 Å². The van der Waals surface area contributed by atoms with Gasteiger partial charge >= 0.3 is 19.4 Å². The Kier molecular flexibility index (Phi) is 9.58. The standard InChI is InChI=1S/Fe.H2O4S.H4O4Si/c;2*1-5(2,3)4/h;(H2,1,2,3,4);1-4H. The number of hydrogen-bond donors (Lipinski definition) is 6. The predicted molar refractivity (Wildman–Crippen MR) is 28.8 cm³/mol. The smallest absolute Gasteiger partial charge is 0.368 e. The van der Waals surface area contributed by atoms with Gasteiger partial charge < -0.3 is 19.2 Å². The summed E-state index contributed by atoms with van der Waals surface area (Å²) in [6.45, 7) is 0. The molecule has 0 saturated carbocycles. The van der Waals surface area contributed by atoms with Crippen LogP contribution in [-0.4, -0.2) is 45.8 Å². The van der Waals surface area contributed by atoms with Crippen LogP contribution in [0.1, 0.15) is 0 Å². The van der Waals surface area contributed by atoms with Crippen LogP contribution in [0.5, 0.6) is 0 Å². The fourth-order valence-electron chi connectivity index (χ4n) is 0. The first-order chi connectivity index (χ1) is 4.00. The normalized spacial score (nSPS) is 10.7. The van der Waals surface area contributed by atoms with Crippen LogP contribution >= 0.6 is 0 Å². The van der Waals surface area contributed by atoms with Crippen LogP contribution in [0.3, 0.4) is 0 Å². The van der Waals surface area contributed by atoms with E-state index < -0.39 is 19.4 Å². The van der Waals surface area contributed by atoms with E-state index in [2.05, 4.69) is 0 Å². The minimum absolute atomic E-state index is 0. The molecule has 6 N–H and O–H groups in total. The van der Waals surface area contributed by atoms with Crippen LogP contribution in [0.2, 0.25) is 0 Å². The molecule has 0 radical (unpaired) electrons. The summed E-state index contributed by atoms with van der Waals surface area (Å²) in [7, 11) is -9.28. The van der Waals surface area contributed by atoms with Gasteiger partial charge in [0.2, 0.25) is 0 Å². The molecule has 0 aromatic carbocycles. The SMILES string of the molecule is O=S(=O)(O)O.O[Si](O)(O)O.[Fe]. The van der Waals surface area contributed by atoms with Crippen LogP contribution in [0, 0.1) is 0 Å². The van der Waals surface area contributed by atoms with Gasteiger partial charge in [-0.1, -0.05) is 0 Å². The third-order valence-corrected chi connectivity index (χ3v) is 0. The Morgan fingerprint density at radius 3 is 0.909 bits per heavy atom. The molecule has 0 fully saturated rings. The third kappa shape index (κ3) is 3740. The topological polar surface area (TPSA) is 156 Å². The molecule has 11 heavy (non-hydrogen) atoms. The van der Waals surface area contributed by atoms with E-state index in [1.165, 1.54) is 0 Å². The Morgan fingerprint density at radius 1 is 0.909 bits per heavy atom. The van der Waals surface area contributed by atoms with Gasteiger partial charge in [0, 0.05) is 17.1 Å². The summed E-state index contributed by atoms with van der Waals surface area (Å²) in [5.41, 5.74) is 0. The van der Waals surface area contributed by atoms with Crippen LogP contribution in [-0.2, 0) is 27.5 Å². The van der Waals surface area contributed by atoms with Gasteiger partial charge in [-0.2, -0.15) is 8.42 Å². The Morgan fingerprint density at radius 2 is 0.909 bits per heavy atom. The summed E-state index contributed by atoms with van der Waals surface area (Å²) in [5.74, 6) is 0. The first-order valence-electron chi connectivity index (χ1n) is 1.59. The fourth-order valence-corrected chi connectivity index (χ4v) is 0. The van der Waals surface area contributed by atoms with Gasteiger partial charge in [0.15, 0.2) is 0 Å². The molecular weight excluding hydrogens is 244 g/mol. The molecular formula is H6FeO8SSi. The molecule has 0 spiro atoms. The monoisotopic (exact) mass is 250 g/mol. The average molecular weight is 250 g/mol. The van der Waals surface area contributed by atoms with Gasteiger partial charge in [0.1, 0.15) is 0 Å². The van der Waals surface area contributed by atoms with E-state index in [4.69, 9.17) is 36.7 Å². The van der Waals surface area contributed by atoms with Crippen molar-refractivity contribution >= 4 is 19.4 Å². The molecule has 0 aromatic heterocycles. The molecule has 0 aliphatic carbocycles. The molecule has 0 atom stereocenters. The Hall–Kier alpha value is 0.446. The fraction of sp³-hybridized carbons (Fsp3) is 0. The van der Waals surface area contributed by atoms with E-state index in [1.54, 1.807) is 0 Å². The van der Waals surface area contributed by atoms with E-state index >= 15 is 0 Å². The third-order valence-electron chi connectivity index (χ3n) is 0. The maximum Gasteiger partial charge on any atom is 0.668 e. The first-order valence-corrected chi connectivity index (χ1v) is 4.78. The Balaban J connectivity index is -0.000000107. The number of rotatable bonds is 0. The van der Waals surface area contributed by atoms with Gasteiger partial charge in [-0.3, -0.25) is 9.11 Å². The molecule has 72 valence electrons. The molecule has 0 rings (SSSR count). The van der Waals surface area contributed by atoms with E-state index in [9.17, 15) is 0 Å². The molecule has 0 aromatic rings. The zero-order valence-corrected chi connectivity index (χ0v) is 7.68. The Bertz CT molecular complexity index is 149. The summed E-state index contributed by atoms with van der Waals surface area (Å²) in [5, 5.41) is 0. The summed E-state index contributed by atoms with van der Waals surface area (Å²) in [4.78, 5) is 29.3. The zero-order valence-electron chi connectivity index (χ0n) is 4.76. The van der Waals surface area contributed by atoms with Crippen LogP contribution in [0.25, 0.3) is 0 Å². The maximum atomic E-state index is 8.74. The van der Waals surface area contributed by atoms with E-state index in [1.807, 2.05) is 0 Å². The van der Waals surface area contributed by atoms with E-state index in [0.717, 1.165) is 0 Å². The second-order valence-corrected chi connectivity index (χ2v) is 3.14. The summed E-state index contributed by atoms with van der Waals surface area (Å²) >= 11 is 0. The average Bonchev–Trinajstić information content (AvgIpc) is 1.12. The van der Waals surface area contributed by atoms with Gasteiger partial charge in [-0.25, -0.2) is 0 Å².